The van der Waals surface area contributed by atoms with Crippen molar-refractivity contribution < 1.29 is 4.74 Å². The van der Waals surface area contributed by atoms with E-state index in [9.17, 15) is 0 Å². The van der Waals surface area contributed by atoms with Crippen molar-refractivity contribution in [1.82, 2.24) is 4.90 Å². The first-order valence-electron chi connectivity index (χ1n) is 7.37. The molecule has 2 unspecified atom stereocenters. The fraction of sp³-hybridized carbons (Fsp3) is 0.529. The highest BCUT2D eigenvalue weighted by atomic mass is 32.2. The first-order chi connectivity index (χ1) is 10.2. The maximum Gasteiger partial charge on any atom is 0.134 e. The Bertz CT molecular complexity index is 535. The molecule has 1 fully saturated rings. The summed E-state index contributed by atoms with van der Waals surface area (Å²) < 4.78 is 5.37. The van der Waals surface area contributed by atoms with Gasteiger partial charge < -0.3 is 10.5 Å². The topological polar surface area (TPSA) is 38.5 Å². The van der Waals surface area contributed by atoms with Gasteiger partial charge in [-0.2, -0.15) is 11.8 Å². The van der Waals surface area contributed by atoms with Crippen molar-refractivity contribution in [3.8, 4) is 17.6 Å². The smallest absolute Gasteiger partial charge is 0.134 e. The van der Waals surface area contributed by atoms with Gasteiger partial charge in [0.1, 0.15) is 5.75 Å². The summed E-state index contributed by atoms with van der Waals surface area (Å²) in [5, 5.41) is 0.688. The quantitative estimate of drug-likeness (QED) is 0.870. The summed E-state index contributed by atoms with van der Waals surface area (Å²) in [5.74, 6) is 8.03. The fourth-order valence-corrected chi connectivity index (χ4v) is 3.71. The summed E-state index contributed by atoms with van der Waals surface area (Å²) in [6.45, 7) is 7.10. The lowest BCUT2D eigenvalue weighted by Crippen LogP contribution is -2.43. The molecule has 1 heterocycles. The molecule has 3 nitrogen and oxygen atoms in total. The Hall–Kier alpha value is -1.15. The number of methoxy groups -OCH3 is 1. The second-order valence-corrected chi connectivity index (χ2v) is 6.81. The lowest BCUT2D eigenvalue weighted by atomic mass is 10.1. The number of hydrogen-bond acceptors (Lipinski definition) is 4. The molecule has 114 valence electrons. The standard InChI is InChI=1S/C17H24N2OS/c1-13-14(2)21-10-9-19(13)12-15-6-7-17(20-3)16(11-15)5-4-8-18/h6-7,11,13-14H,8-10,12,18H2,1-3H3. The van der Waals surface area contributed by atoms with Crippen molar-refractivity contribution in [2.75, 3.05) is 26.0 Å². The maximum absolute atomic E-state index is 5.46. The number of benzene rings is 1. The van der Waals surface area contributed by atoms with Crippen molar-refractivity contribution in [2.24, 2.45) is 5.73 Å². The van der Waals surface area contributed by atoms with Crippen LogP contribution in [0, 0.1) is 11.8 Å². The highest BCUT2D eigenvalue weighted by Crippen LogP contribution is 2.26. The molecule has 1 saturated heterocycles. The molecule has 2 rings (SSSR count). The van der Waals surface area contributed by atoms with Gasteiger partial charge in [0.2, 0.25) is 0 Å². The van der Waals surface area contributed by atoms with E-state index in [4.69, 9.17) is 10.5 Å². The van der Waals surface area contributed by atoms with Crippen molar-refractivity contribution in [2.45, 2.75) is 31.7 Å². The molecule has 0 saturated carbocycles. The van der Waals surface area contributed by atoms with Crippen LogP contribution in [0.15, 0.2) is 18.2 Å². The average molecular weight is 304 g/mol. The molecule has 1 aromatic rings. The summed E-state index contributed by atoms with van der Waals surface area (Å²) in [5.41, 5.74) is 7.67. The van der Waals surface area contributed by atoms with Crippen LogP contribution in [0.2, 0.25) is 0 Å². The summed E-state index contributed by atoms with van der Waals surface area (Å²) in [4.78, 5) is 2.54. The minimum atomic E-state index is 0.366. The second kappa shape index (κ2) is 7.74. The molecule has 1 aromatic carbocycles. The molecular weight excluding hydrogens is 280 g/mol. The van der Waals surface area contributed by atoms with Crippen LogP contribution in [0.3, 0.4) is 0 Å². The minimum Gasteiger partial charge on any atom is -0.495 e. The van der Waals surface area contributed by atoms with Crippen LogP contribution in [0.1, 0.15) is 25.0 Å². The Labute approximate surface area is 132 Å². The Balaban J connectivity index is 2.16. The molecule has 0 bridgehead atoms. The highest BCUT2D eigenvalue weighted by Gasteiger charge is 2.25. The van der Waals surface area contributed by atoms with E-state index < -0.39 is 0 Å². The summed E-state index contributed by atoms with van der Waals surface area (Å²) in [7, 11) is 1.67. The van der Waals surface area contributed by atoms with Gasteiger partial charge in [0.25, 0.3) is 0 Å². The molecule has 2 atom stereocenters. The molecule has 1 aliphatic heterocycles. The normalized spacial score (nSPS) is 22.5. The van der Waals surface area contributed by atoms with Gasteiger partial charge in [-0.05, 0) is 24.6 Å². The third-order valence-electron chi connectivity index (χ3n) is 3.99. The monoisotopic (exact) mass is 304 g/mol. The Morgan fingerprint density at radius 3 is 2.95 bits per heavy atom. The van der Waals surface area contributed by atoms with E-state index in [0.717, 1.165) is 24.4 Å². The number of thioether (sulfide) groups is 1. The van der Waals surface area contributed by atoms with Crippen LogP contribution in [0.5, 0.6) is 5.75 Å². The zero-order valence-electron chi connectivity index (χ0n) is 13.1. The molecule has 21 heavy (non-hydrogen) atoms. The van der Waals surface area contributed by atoms with Gasteiger partial charge >= 0.3 is 0 Å². The predicted molar refractivity (Wildman–Crippen MR) is 90.7 cm³/mol. The maximum atomic E-state index is 5.46. The van der Waals surface area contributed by atoms with E-state index in [-0.39, 0.29) is 0 Å². The first-order valence-corrected chi connectivity index (χ1v) is 8.42. The fourth-order valence-electron chi connectivity index (χ4n) is 2.55. The van der Waals surface area contributed by atoms with E-state index >= 15 is 0 Å². The third kappa shape index (κ3) is 4.16. The summed E-state index contributed by atoms with van der Waals surface area (Å²) in [6, 6.07) is 6.86. The summed E-state index contributed by atoms with van der Waals surface area (Å²) >= 11 is 2.06. The zero-order valence-corrected chi connectivity index (χ0v) is 13.9. The molecule has 0 radical (unpaired) electrons. The largest absolute Gasteiger partial charge is 0.495 e. The van der Waals surface area contributed by atoms with Gasteiger partial charge in [-0.15, -0.1) is 0 Å². The lowest BCUT2D eigenvalue weighted by Gasteiger charge is -2.37. The van der Waals surface area contributed by atoms with Gasteiger partial charge in [0, 0.05) is 30.1 Å². The van der Waals surface area contributed by atoms with E-state index in [1.807, 2.05) is 6.07 Å². The molecule has 1 aliphatic rings. The van der Waals surface area contributed by atoms with Crippen LogP contribution >= 0.6 is 11.8 Å². The average Bonchev–Trinajstić information content (AvgIpc) is 2.50. The van der Waals surface area contributed by atoms with Crippen LogP contribution in [0.25, 0.3) is 0 Å². The minimum absolute atomic E-state index is 0.366. The number of rotatable bonds is 3. The Morgan fingerprint density at radius 2 is 2.24 bits per heavy atom. The number of nitrogens with zero attached hydrogens (tertiary/aromatic N) is 1. The predicted octanol–water partition coefficient (Wildman–Crippen LogP) is 2.33. The highest BCUT2D eigenvalue weighted by molar-refractivity contribution is 8.00. The molecule has 0 aromatic heterocycles. The van der Waals surface area contributed by atoms with Crippen molar-refractivity contribution >= 4 is 11.8 Å². The summed E-state index contributed by atoms with van der Waals surface area (Å²) in [6.07, 6.45) is 0. The first kappa shape index (κ1) is 16.2. The van der Waals surface area contributed by atoms with Crippen LogP contribution in [-0.4, -0.2) is 42.1 Å². The van der Waals surface area contributed by atoms with E-state index in [2.05, 4.69) is 54.5 Å². The number of nitrogens with two attached hydrogens (primary N) is 1. The van der Waals surface area contributed by atoms with Gasteiger partial charge in [-0.25, -0.2) is 0 Å². The van der Waals surface area contributed by atoms with Gasteiger partial charge in [-0.1, -0.05) is 24.8 Å². The van der Waals surface area contributed by atoms with Crippen LogP contribution < -0.4 is 10.5 Å². The zero-order chi connectivity index (χ0) is 15.2. The Morgan fingerprint density at radius 1 is 1.43 bits per heavy atom. The second-order valence-electron chi connectivity index (χ2n) is 5.33. The van der Waals surface area contributed by atoms with Crippen molar-refractivity contribution in [1.29, 1.82) is 0 Å². The SMILES string of the molecule is COc1ccc(CN2CCSC(C)C2C)cc1C#CCN. The molecule has 0 spiro atoms. The van der Waals surface area contributed by atoms with E-state index in [1.165, 1.54) is 11.3 Å². The number of ether oxygens (including phenoxy) is 1. The lowest BCUT2D eigenvalue weighted by molar-refractivity contribution is 0.204. The van der Waals surface area contributed by atoms with Gasteiger partial charge in [0.05, 0.1) is 19.2 Å². The Kier molecular flexibility index (Phi) is 5.98. The van der Waals surface area contributed by atoms with Crippen molar-refractivity contribution in [3.63, 3.8) is 0 Å². The van der Waals surface area contributed by atoms with Gasteiger partial charge in [-0.3, -0.25) is 4.90 Å². The van der Waals surface area contributed by atoms with E-state index in [0.29, 0.717) is 17.8 Å². The molecule has 0 amide bonds. The third-order valence-corrected chi connectivity index (χ3v) is 5.33. The molecule has 4 heteroatoms. The molecular formula is C17H24N2OS. The molecule has 0 aliphatic carbocycles. The van der Waals surface area contributed by atoms with E-state index in [1.54, 1.807) is 7.11 Å². The van der Waals surface area contributed by atoms with Gasteiger partial charge in [0.15, 0.2) is 0 Å². The number of hydrogen-bond donors (Lipinski definition) is 1. The molecule has 2 N–H and O–H groups in total. The van der Waals surface area contributed by atoms with Crippen LogP contribution in [0.4, 0.5) is 0 Å². The van der Waals surface area contributed by atoms with Crippen molar-refractivity contribution in [3.05, 3.63) is 29.3 Å². The van der Waals surface area contributed by atoms with Crippen LogP contribution in [-0.2, 0) is 6.54 Å².